The van der Waals surface area contributed by atoms with Crippen LogP contribution in [0.5, 0.6) is 0 Å². The zero-order chi connectivity index (χ0) is 17.6. The molecule has 5 nitrogen and oxygen atoms in total. The lowest BCUT2D eigenvalue weighted by molar-refractivity contribution is 0.0795. The van der Waals surface area contributed by atoms with E-state index in [1.54, 1.807) is 24.0 Å². The smallest absolute Gasteiger partial charge is 0.264 e. The number of benzene rings is 1. The maximum atomic E-state index is 14.0. The van der Waals surface area contributed by atoms with Gasteiger partial charge in [-0.2, -0.15) is 0 Å². The van der Waals surface area contributed by atoms with Crippen LogP contribution in [0.3, 0.4) is 0 Å². The molecule has 1 saturated heterocycles. The summed E-state index contributed by atoms with van der Waals surface area (Å²) in [7, 11) is 0. The van der Waals surface area contributed by atoms with Gasteiger partial charge in [-0.25, -0.2) is 9.37 Å². The number of hydrogen-bond donors (Lipinski definition) is 1. The van der Waals surface area contributed by atoms with Gasteiger partial charge in [0.2, 0.25) is 0 Å². The molecule has 128 valence electrons. The highest BCUT2D eigenvalue weighted by atomic mass is 32.1. The Morgan fingerprint density at radius 3 is 2.96 bits per heavy atom. The van der Waals surface area contributed by atoms with Crippen molar-refractivity contribution in [1.82, 2.24) is 14.9 Å². The molecule has 1 aromatic carbocycles. The predicted octanol–water partition coefficient (Wildman–Crippen LogP) is 3.06. The van der Waals surface area contributed by atoms with Gasteiger partial charge in [-0.1, -0.05) is 18.2 Å². The Labute approximate surface area is 147 Å². The molecule has 25 heavy (non-hydrogen) atoms. The van der Waals surface area contributed by atoms with E-state index in [0.717, 1.165) is 6.42 Å². The van der Waals surface area contributed by atoms with Crippen molar-refractivity contribution in [3.63, 3.8) is 0 Å². The summed E-state index contributed by atoms with van der Waals surface area (Å²) < 4.78 is 14.0. The average Bonchev–Trinajstić information content (AvgIpc) is 3.21. The zero-order valence-corrected chi connectivity index (χ0v) is 14.4. The van der Waals surface area contributed by atoms with Crippen molar-refractivity contribution >= 4 is 27.5 Å². The number of nitrogens with zero attached hydrogens (tertiary/aromatic N) is 2. The van der Waals surface area contributed by atoms with Crippen LogP contribution in [0.4, 0.5) is 4.39 Å². The van der Waals surface area contributed by atoms with Gasteiger partial charge in [-0.3, -0.25) is 9.59 Å². The van der Waals surface area contributed by atoms with Gasteiger partial charge in [0, 0.05) is 19.0 Å². The summed E-state index contributed by atoms with van der Waals surface area (Å²) in [6.45, 7) is 2.83. The maximum absolute atomic E-state index is 14.0. The molecule has 1 atom stereocenters. The second-order valence-corrected chi connectivity index (χ2v) is 7.23. The molecule has 0 bridgehead atoms. The average molecular weight is 357 g/mol. The third kappa shape index (κ3) is 2.64. The van der Waals surface area contributed by atoms with E-state index in [2.05, 4.69) is 9.97 Å². The minimum absolute atomic E-state index is 0.00126. The van der Waals surface area contributed by atoms with Gasteiger partial charge in [0.25, 0.3) is 11.5 Å². The molecule has 0 unspecified atom stereocenters. The van der Waals surface area contributed by atoms with Crippen LogP contribution in [0, 0.1) is 12.7 Å². The SMILES string of the molecule is Cc1c(C(=O)N2CC[C@H](c3ccccc3F)C2)sc2nc[nH]c(=O)c12. The largest absolute Gasteiger partial charge is 0.337 e. The summed E-state index contributed by atoms with van der Waals surface area (Å²) in [5, 5.41) is 0.473. The van der Waals surface area contributed by atoms with E-state index in [-0.39, 0.29) is 23.2 Å². The number of likely N-dealkylation sites (tertiary alicyclic amines) is 1. The molecule has 1 aliphatic heterocycles. The zero-order valence-electron chi connectivity index (χ0n) is 13.6. The number of thiophene rings is 1. The Morgan fingerprint density at radius 1 is 1.40 bits per heavy atom. The van der Waals surface area contributed by atoms with Crippen LogP contribution in [0.25, 0.3) is 10.2 Å². The highest BCUT2D eigenvalue weighted by Gasteiger charge is 2.31. The number of fused-ring (bicyclic) bond motifs is 1. The Balaban J connectivity index is 1.63. The van der Waals surface area contributed by atoms with E-state index in [1.165, 1.54) is 23.7 Å². The van der Waals surface area contributed by atoms with Gasteiger partial charge in [0.05, 0.1) is 16.6 Å². The Bertz CT molecular complexity index is 1030. The van der Waals surface area contributed by atoms with E-state index < -0.39 is 0 Å². The van der Waals surface area contributed by atoms with Crippen molar-refractivity contribution in [3.8, 4) is 0 Å². The van der Waals surface area contributed by atoms with E-state index in [0.29, 0.717) is 39.3 Å². The number of carbonyl (C=O) groups excluding carboxylic acids is 1. The van der Waals surface area contributed by atoms with Gasteiger partial charge in [0.15, 0.2) is 0 Å². The normalized spacial score (nSPS) is 17.4. The summed E-state index contributed by atoms with van der Waals surface area (Å²) >= 11 is 1.24. The van der Waals surface area contributed by atoms with Gasteiger partial charge in [-0.05, 0) is 30.5 Å². The molecular weight excluding hydrogens is 341 g/mol. The number of hydrogen-bond acceptors (Lipinski definition) is 4. The molecule has 1 aliphatic rings. The van der Waals surface area contributed by atoms with Gasteiger partial charge >= 0.3 is 0 Å². The van der Waals surface area contributed by atoms with Crippen LogP contribution in [-0.2, 0) is 0 Å². The van der Waals surface area contributed by atoms with Crippen molar-refractivity contribution in [2.75, 3.05) is 13.1 Å². The second-order valence-electron chi connectivity index (χ2n) is 6.23. The lowest BCUT2D eigenvalue weighted by Gasteiger charge is -2.16. The summed E-state index contributed by atoms with van der Waals surface area (Å²) in [6, 6.07) is 6.72. The second kappa shape index (κ2) is 6.07. The minimum Gasteiger partial charge on any atom is -0.337 e. The van der Waals surface area contributed by atoms with Crippen LogP contribution in [0.15, 0.2) is 35.4 Å². The fourth-order valence-corrected chi connectivity index (χ4v) is 4.55. The number of aromatic nitrogens is 2. The summed E-state index contributed by atoms with van der Waals surface area (Å²) in [5.41, 5.74) is 1.08. The fourth-order valence-electron chi connectivity index (χ4n) is 3.43. The van der Waals surface area contributed by atoms with Crippen LogP contribution in [0.2, 0.25) is 0 Å². The van der Waals surface area contributed by atoms with E-state index in [4.69, 9.17) is 0 Å². The summed E-state index contributed by atoms with van der Waals surface area (Å²) in [5.74, 6) is -0.337. The Kier molecular flexibility index (Phi) is 3.88. The van der Waals surface area contributed by atoms with Gasteiger partial charge in [0.1, 0.15) is 10.6 Å². The summed E-state index contributed by atoms with van der Waals surface area (Å²) in [4.78, 5) is 34.4. The first kappa shape index (κ1) is 16.0. The first-order valence-corrected chi connectivity index (χ1v) is 8.88. The van der Waals surface area contributed by atoms with Crippen LogP contribution in [-0.4, -0.2) is 33.9 Å². The first-order valence-electron chi connectivity index (χ1n) is 8.06. The molecule has 0 spiro atoms. The molecule has 0 radical (unpaired) electrons. The number of aryl methyl sites for hydroxylation is 1. The van der Waals surface area contributed by atoms with Crippen molar-refractivity contribution in [2.24, 2.45) is 0 Å². The number of rotatable bonds is 2. The van der Waals surface area contributed by atoms with Crippen molar-refractivity contribution in [3.05, 3.63) is 62.8 Å². The Morgan fingerprint density at radius 2 is 2.20 bits per heavy atom. The third-order valence-electron chi connectivity index (χ3n) is 4.75. The molecule has 4 rings (SSSR count). The van der Waals surface area contributed by atoms with Crippen LogP contribution < -0.4 is 5.56 Å². The molecule has 2 aromatic heterocycles. The molecule has 0 aliphatic carbocycles. The number of nitrogens with one attached hydrogen (secondary N) is 1. The van der Waals surface area contributed by atoms with Gasteiger partial charge in [-0.15, -0.1) is 11.3 Å². The lowest BCUT2D eigenvalue weighted by atomic mass is 9.98. The number of H-pyrrole nitrogens is 1. The molecular formula is C18H16FN3O2S. The first-order chi connectivity index (χ1) is 12.1. The third-order valence-corrected chi connectivity index (χ3v) is 5.94. The molecule has 7 heteroatoms. The fraction of sp³-hybridized carbons (Fsp3) is 0.278. The summed E-state index contributed by atoms with van der Waals surface area (Å²) in [6.07, 6.45) is 2.08. The van der Waals surface area contributed by atoms with E-state index in [9.17, 15) is 14.0 Å². The van der Waals surface area contributed by atoms with Gasteiger partial charge < -0.3 is 9.88 Å². The predicted molar refractivity (Wildman–Crippen MR) is 94.6 cm³/mol. The standard InChI is InChI=1S/C18H16FN3O2S/c1-10-14-16(23)20-9-21-17(14)25-15(10)18(24)22-7-6-11(8-22)12-4-2-3-5-13(12)19/h2-5,9,11H,6-8H2,1H3,(H,20,21,23)/t11-/m0/s1. The molecule has 1 amide bonds. The number of amides is 1. The highest BCUT2D eigenvalue weighted by molar-refractivity contribution is 7.20. The molecule has 1 fully saturated rings. The molecule has 1 N–H and O–H groups in total. The van der Waals surface area contributed by atoms with Crippen LogP contribution >= 0.6 is 11.3 Å². The molecule has 0 saturated carbocycles. The number of halogens is 1. The Hall–Kier alpha value is -2.54. The lowest BCUT2D eigenvalue weighted by Crippen LogP contribution is -2.28. The monoisotopic (exact) mass is 357 g/mol. The topological polar surface area (TPSA) is 66.1 Å². The minimum atomic E-state index is -0.233. The van der Waals surface area contributed by atoms with Crippen molar-refractivity contribution in [1.29, 1.82) is 0 Å². The molecule has 3 aromatic rings. The van der Waals surface area contributed by atoms with Crippen molar-refractivity contribution < 1.29 is 9.18 Å². The highest BCUT2D eigenvalue weighted by Crippen LogP contribution is 2.33. The van der Waals surface area contributed by atoms with Crippen molar-refractivity contribution in [2.45, 2.75) is 19.3 Å². The van der Waals surface area contributed by atoms with E-state index in [1.807, 2.05) is 6.07 Å². The maximum Gasteiger partial charge on any atom is 0.264 e. The quantitative estimate of drug-likeness (QED) is 0.767. The number of carbonyl (C=O) groups is 1. The number of aromatic amines is 1. The molecule has 3 heterocycles. The van der Waals surface area contributed by atoms with Crippen LogP contribution in [0.1, 0.15) is 33.1 Å². The van der Waals surface area contributed by atoms with E-state index >= 15 is 0 Å².